The monoisotopic (exact) mass is 406 g/mol. The van der Waals surface area contributed by atoms with Gasteiger partial charge in [0.05, 0.1) is 26.4 Å². The molecule has 1 aliphatic rings. The second-order valence-electron chi connectivity index (χ2n) is 7.58. The van der Waals surface area contributed by atoms with Gasteiger partial charge in [-0.25, -0.2) is 0 Å². The van der Waals surface area contributed by atoms with Gasteiger partial charge in [0.25, 0.3) is 0 Å². The highest BCUT2D eigenvalue weighted by Crippen LogP contribution is 2.29. The molecule has 1 heterocycles. The molecule has 0 radical (unpaired) electrons. The summed E-state index contributed by atoms with van der Waals surface area (Å²) in [5, 5.41) is 0. The van der Waals surface area contributed by atoms with Crippen molar-refractivity contribution in [2.45, 2.75) is 71.1 Å². The Balaban J connectivity index is 1.74. The average Bonchev–Trinajstić information content (AvgIpc) is 2.73. The van der Waals surface area contributed by atoms with Crippen molar-refractivity contribution in [1.82, 2.24) is 0 Å². The van der Waals surface area contributed by atoms with Crippen LogP contribution in [0.25, 0.3) is 0 Å². The number of hydrogen-bond donors (Lipinski definition) is 0. The minimum Gasteiger partial charge on any atom is -0.487 e. The Morgan fingerprint density at radius 3 is 1.93 bits per heavy atom. The first-order valence-electron chi connectivity index (χ1n) is 11.4. The summed E-state index contributed by atoms with van der Waals surface area (Å²) in [7, 11) is 0. The van der Waals surface area contributed by atoms with E-state index in [9.17, 15) is 4.79 Å². The molecule has 29 heavy (non-hydrogen) atoms. The Morgan fingerprint density at radius 2 is 1.28 bits per heavy atom. The first kappa shape index (κ1) is 23.7. The van der Waals surface area contributed by atoms with Crippen LogP contribution in [0.15, 0.2) is 18.2 Å². The molecule has 5 nitrogen and oxygen atoms in total. The smallest absolute Gasteiger partial charge is 0.163 e. The van der Waals surface area contributed by atoms with Gasteiger partial charge in [-0.1, -0.05) is 58.3 Å². The minimum atomic E-state index is 0.171. The van der Waals surface area contributed by atoms with E-state index in [4.69, 9.17) is 18.9 Å². The Labute approximate surface area is 176 Å². The Bertz CT molecular complexity index is 572. The third kappa shape index (κ3) is 10.1. The fraction of sp³-hybridized carbons (Fsp3) is 0.708. The number of unbranched alkanes of at least 4 members (excludes halogenated alkanes) is 8. The summed E-state index contributed by atoms with van der Waals surface area (Å²) in [4.78, 5) is 12.6. The second kappa shape index (κ2) is 15.3. The fourth-order valence-electron chi connectivity index (χ4n) is 3.40. The van der Waals surface area contributed by atoms with Gasteiger partial charge in [0.15, 0.2) is 17.3 Å². The van der Waals surface area contributed by atoms with Gasteiger partial charge in [0, 0.05) is 12.0 Å². The van der Waals surface area contributed by atoms with Crippen molar-refractivity contribution in [3.05, 3.63) is 23.8 Å². The van der Waals surface area contributed by atoms with Crippen LogP contribution in [0.3, 0.4) is 0 Å². The molecule has 1 aromatic rings. The number of Topliss-reactive ketones (excluding diaryl/α,β-unsaturated/α-hetero) is 1. The normalized spacial score (nSPS) is 15.3. The van der Waals surface area contributed by atoms with Gasteiger partial charge in [0.1, 0.15) is 13.2 Å². The van der Waals surface area contributed by atoms with Gasteiger partial charge in [-0.15, -0.1) is 0 Å². The lowest BCUT2D eigenvalue weighted by Gasteiger charge is -2.15. The lowest BCUT2D eigenvalue weighted by Crippen LogP contribution is -2.16. The quantitative estimate of drug-likeness (QED) is 0.354. The zero-order valence-electron chi connectivity index (χ0n) is 18.1. The number of carbonyl (C=O) groups is 1. The van der Waals surface area contributed by atoms with Gasteiger partial charge < -0.3 is 18.9 Å². The largest absolute Gasteiger partial charge is 0.487 e. The first-order chi connectivity index (χ1) is 14.3. The summed E-state index contributed by atoms with van der Waals surface area (Å²) in [5.74, 6) is 1.42. The zero-order valence-corrected chi connectivity index (χ0v) is 18.1. The van der Waals surface area contributed by atoms with Crippen LogP contribution in [0.1, 0.15) is 81.5 Å². The minimum absolute atomic E-state index is 0.171. The van der Waals surface area contributed by atoms with Crippen LogP contribution < -0.4 is 9.47 Å². The van der Waals surface area contributed by atoms with Gasteiger partial charge in [-0.05, 0) is 24.6 Å². The van der Waals surface area contributed by atoms with Crippen molar-refractivity contribution < 1.29 is 23.7 Å². The van der Waals surface area contributed by atoms with Crippen molar-refractivity contribution in [2.75, 3.05) is 39.6 Å². The molecule has 164 valence electrons. The van der Waals surface area contributed by atoms with E-state index in [2.05, 4.69) is 6.92 Å². The lowest BCUT2D eigenvalue weighted by molar-refractivity contribution is 0.0223. The molecule has 0 unspecified atom stereocenters. The summed E-state index contributed by atoms with van der Waals surface area (Å²) in [5.41, 5.74) is 0.691. The van der Waals surface area contributed by atoms with Crippen LogP contribution in [-0.4, -0.2) is 45.4 Å². The molecule has 0 atom stereocenters. The highest BCUT2D eigenvalue weighted by atomic mass is 16.6. The molecular weight excluding hydrogens is 368 g/mol. The van der Waals surface area contributed by atoms with E-state index < -0.39 is 0 Å². The number of ketones is 1. The predicted octanol–water partition coefficient (Wildman–Crippen LogP) is 5.59. The third-order valence-electron chi connectivity index (χ3n) is 5.12. The fourth-order valence-corrected chi connectivity index (χ4v) is 3.40. The maximum absolute atomic E-state index is 12.6. The standard InChI is InChI=1S/C24H38O5/c1-2-3-4-5-6-7-8-9-10-11-22(25)21-12-13-23-24(20-21)29-19-17-27-15-14-26-16-18-28-23/h12-13,20H,2-11,14-19H2,1H3. The van der Waals surface area contributed by atoms with E-state index in [1.165, 1.54) is 44.9 Å². The Morgan fingerprint density at radius 1 is 0.724 bits per heavy atom. The molecule has 0 amide bonds. The molecule has 0 fully saturated rings. The number of hydrogen-bond acceptors (Lipinski definition) is 5. The van der Waals surface area contributed by atoms with Crippen molar-refractivity contribution >= 4 is 5.78 Å². The van der Waals surface area contributed by atoms with E-state index >= 15 is 0 Å². The number of carbonyl (C=O) groups excluding carboxylic acids is 1. The molecule has 0 saturated heterocycles. The molecule has 0 aromatic heterocycles. The van der Waals surface area contributed by atoms with Gasteiger partial charge in [0.2, 0.25) is 0 Å². The molecule has 0 aliphatic carbocycles. The zero-order chi connectivity index (χ0) is 20.6. The number of ether oxygens (including phenoxy) is 4. The molecule has 2 rings (SSSR count). The highest BCUT2D eigenvalue weighted by Gasteiger charge is 2.12. The average molecular weight is 407 g/mol. The van der Waals surface area contributed by atoms with Crippen LogP contribution in [0.2, 0.25) is 0 Å². The lowest BCUT2D eigenvalue weighted by atomic mass is 10.0. The molecule has 0 spiro atoms. The van der Waals surface area contributed by atoms with Crippen LogP contribution in [-0.2, 0) is 9.47 Å². The summed E-state index contributed by atoms with van der Waals surface area (Å²) < 4.78 is 22.4. The molecule has 0 N–H and O–H groups in total. The second-order valence-corrected chi connectivity index (χ2v) is 7.58. The van der Waals surface area contributed by atoms with Crippen LogP contribution in [0.4, 0.5) is 0 Å². The van der Waals surface area contributed by atoms with E-state index in [1.807, 2.05) is 12.1 Å². The number of rotatable bonds is 11. The summed E-state index contributed by atoms with van der Waals surface area (Å²) in [6, 6.07) is 5.46. The summed E-state index contributed by atoms with van der Waals surface area (Å²) in [6.07, 6.45) is 11.9. The van der Waals surface area contributed by atoms with Crippen molar-refractivity contribution in [3.63, 3.8) is 0 Å². The highest BCUT2D eigenvalue weighted by molar-refractivity contribution is 5.96. The molecule has 1 aliphatic heterocycles. The Hall–Kier alpha value is -1.59. The van der Waals surface area contributed by atoms with Gasteiger partial charge >= 0.3 is 0 Å². The van der Waals surface area contributed by atoms with Gasteiger partial charge in [-0.3, -0.25) is 4.79 Å². The van der Waals surface area contributed by atoms with Crippen LogP contribution in [0, 0.1) is 0 Å². The van der Waals surface area contributed by atoms with E-state index in [0.29, 0.717) is 63.1 Å². The number of benzene rings is 1. The third-order valence-corrected chi connectivity index (χ3v) is 5.12. The maximum atomic E-state index is 12.6. The van der Waals surface area contributed by atoms with Crippen molar-refractivity contribution in [3.8, 4) is 11.5 Å². The molecule has 0 bridgehead atoms. The van der Waals surface area contributed by atoms with Crippen molar-refractivity contribution in [2.24, 2.45) is 0 Å². The van der Waals surface area contributed by atoms with E-state index in [1.54, 1.807) is 6.07 Å². The predicted molar refractivity (Wildman–Crippen MR) is 115 cm³/mol. The SMILES string of the molecule is CCCCCCCCCCCC(=O)c1ccc2c(c1)OCCOCCOCCO2. The Kier molecular flexibility index (Phi) is 12.5. The molecule has 5 heteroatoms. The van der Waals surface area contributed by atoms with E-state index in [0.717, 1.165) is 12.8 Å². The topological polar surface area (TPSA) is 54.0 Å². The maximum Gasteiger partial charge on any atom is 0.163 e. The van der Waals surface area contributed by atoms with Crippen molar-refractivity contribution in [1.29, 1.82) is 0 Å². The number of fused-ring (bicyclic) bond motifs is 1. The molecule has 1 aromatic carbocycles. The summed E-state index contributed by atoms with van der Waals surface area (Å²) >= 11 is 0. The van der Waals surface area contributed by atoms with Gasteiger partial charge in [-0.2, -0.15) is 0 Å². The molecule has 0 saturated carbocycles. The first-order valence-corrected chi connectivity index (χ1v) is 11.4. The molecular formula is C24H38O5. The van der Waals surface area contributed by atoms with Crippen LogP contribution in [0.5, 0.6) is 11.5 Å². The van der Waals surface area contributed by atoms with Crippen LogP contribution >= 0.6 is 0 Å². The summed E-state index contributed by atoms with van der Waals surface area (Å²) in [6.45, 7) is 5.21. The van der Waals surface area contributed by atoms with E-state index in [-0.39, 0.29) is 5.78 Å².